The maximum absolute atomic E-state index is 12.5. The van der Waals surface area contributed by atoms with E-state index in [0.29, 0.717) is 11.6 Å². The second kappa shape index (κ2) is 5.83. The van der Waals surface area contributed by atoms with Crippen LogP contribution in [0.5, 0.6) is 0 Å². The van der Waals surface area contributed by atoms with Crippen LogP contribution in [0.1, 0.15) is 12.8 Å². The maximum Gasteiger partial charge on any atom is 0.332 e. The van der Waals surface area contributed by atoms with Crippen LogP contribution in [-0.2, 0) is 25.4 Å². The van der Waals surface area contributed by atoms with Gasteiger partial charge in [0.2, 0.25) is 5.91 Å². The van der Waals surface area contributed by atoms with Crippen LogP contribution in [0.15, 0.2) is 15.9 Å². The van der Waals surface area contributed by atoms with Crippen molar-refractivity contribution in [2.75, 3.05) is 19.6 Å². The monoisotopic (exact) mass is 346 g/mol. The molecule has 0 aliphatic carbocycles. The molecular weight excluding hydrogens is 324 g/mol. The summed E-state index contributed by atoms with van der Waals surface area (Å²) in [6, 6.07) is 0.178. The number of rotatable bonds is 3. The quantitative estimate of drug-likeness (QED) is 0.741. The second-order valence-electron chi connectivity index (χ2n) is 7.06. The van der Waals surface area contributed by atoms with Gasteiger partial charge in [0.25, 0.3) is 5.56 Å². The fraction of sp³-hybridized carbons (Fsp3) is 0.625. The summed E-state index contributed by atoms with van der Waals surface area (Å²) < 4.78 is 3.87. The molecule has 2 aromatic heterocycles. The Morgan fingerprint density at radius 3 is 2.60 bits per heavy atom. The number of aromatic nitrogens is 4. The molecule has 2 bridgehead atoms. The highest BCUT2D eigenvalue weighted by molar-refractivity contribution is 5.79. The van der Waals surface area contributed by atoms with Gasteiger partial charge < -0.3 is 14.8 Å². The van der Waals surface area contributed by atoms with Gasteiger partial charge in [-0.3, -0.25) is 18.7 Å². The largest absolute Gasteiger partial charge is 0.350 e. The molecule has 25 heavy (non-hydrogen) atoms. The van der Waals surface area contributed by atoms with Crippen LogP contribution < -0.4 is 16.6 Å². The number of hydrogen-bond donors (Lipinski definition) is 1. The molecule has 3 aliphatic rings. The molecule has 0 saturated carbocycles. The molecule has 3 fully saturated rings. The summed E-state index contributed by atoms with van der Waals surface area (Å²) in [7, 11) is 2.99. The van der Waals surface area contributed by atoms with Crippen LogP contribution in [-0.4, -0.2) is 55.2 Å². The van der Waals surface area contributed by atoms with Crippen molar-refractivity contribution in [1.82, 2.24) is 28.9 Å². The predicted molar refractivity (Wildman–Crippen MR) is 91.3 cm³/mol. The number of hydrogen-bond acceptors (Lipinski definition) is 5. The van der Waals surface area contributed by atoms with E-state index in [4.69, 9.17) is 0 Å². The Labute approximate surface area is 143 Å². The third-order valence-electron chi connectivity index (χ3n) is 5.53. The Balaban J connectivity index is 1.58. The predicted octanol–water partition coefficient (Wildman–Crippen LogP) is -1.36. The molecule has 1 unspecified atom stereocenters. The molecule has 0 radical (unpaired) electrons. The standard InChI is InChI=1S/C16H22N6O3/c1-19-14-13(15(24)20(2)16(19)25)22(9-17-14)8-12(23)18-11-7-21-5-3-10(11)4-6-21/h9-11H,3-8H2,1-2H3,(H,18,23). The molecule has 1 N–H and O–H groups in total. The first kappa shape index (κ1) is 16.1. The molecule has 1 atom stereocenters. The molecule has 5 rings (SSSR count). The molecule has 9 heteroatoms. The van der Waals surface area contributed by atoms with Gasteiger partial charge >= 0.3 is 5.69 Å². The number of piperidine rings is 3. The number of nitrogens with zero attached hydrogens (tertiary/aromatic N) is 5. The minimum absolute atomic E-state index is 0.0210. The lowest BCUT2D eigenvalue weighted by Crippen LogP contribution is -2.57. The Hall–Kier alpha value is -2.42. The van der Waals surface area contributed by atoms with Crippen molar-refractivity contribution in [1.29, 1.82) is 0 Å². The second-order valence-corrected chi connectivity index (χ2v) is 7.06. The number of aryl methyl sites for hydroxylation is 1. The average molecular weight is 346 g/mol. The Kier molecular flexibility index (Phi) is 3.75. The minimum Gasteiger partial charge on any atom is -0.350 e. The van der Waals surface area contributed by atoms with Crippen molar-refractivity contribution in [3.05, 3.63) is 27.2 Å². The number of nitrogens with one attached hydrogen (secondary N) is 1. The van der Waals surface area contributed by atoms with Gasteiger partial charge in [-0.15, -0.1) is 0 Å². The zero-order valence-electron chi connectivity index (χ0n) is 14.4. The Bertz CT molecular complexity index is 947. The normalized spacial score (nSPS) is 25.4. The van der Waals surface area contributed by atoms with Crippen LogP contribution >= 0.6 is 0 Å². The Morgan fingerprint density at radius 2 is 1.96 bits per heavy atom. The van der Waals surface area contributed by atoms with E-state index >= 15 is 0 Å². The van der Waals surface area contributed by atoms with Crippen molar-refractivity contribution in [3.63, 3.8) is 0 Å². The van der Waals surface area contributed by atoms with Gasteiger partial charge in [0.05, 0.1) is 6.33 Å². The minimum atomic E-state index is -0.439. The van der Waals surface area contributed by atoms with Crippen molar-refractivity contribution in [3.8, 4) is 0 Å². The van der Waals surface area contributed by atoms with Crippen molar-refractivity contribution >= 4 is 17.1 Å². The number of carbonyl (C=O) groups excluding carboxylic acids is 1. The topological polar surface area (TPSA) is 94.2 Å². The van der Waals surface area contributed by atoms with E-state index in [2.05, 4.69) is 15.2 Å². The summed E-state index contributed by atoms with van der Waals surface area (Å²) in [6.45, 7) is 3.16. The SMILES string of the molecule is Cn1c(=O)c2c(ncn2CC(=O)NC2CN3CCC2CC3)n(C)c1=O. The lowest BCUT2D eigenvalue weighted by Gasteiger charge is -2.44. The molecular formula is C16H22N6O3. The molecule has 0 spiro atoms. The maximum atomic E-state index is 12.5. The molecule has 5 heterocycles. The first-order chi connectivity index (χ1) is 12.0. The molecule has 134 valence electrons. The van der Waals surface area contributed by atoms with Crippen molar-refractivity contribution < 1.29 is 4.79 Å². The number of amides is 1. The van der Waals surface area contributed by atoms with E-state index < -0.39 is 11.2 Å². The lowest BCUT2D eigenvalue weighted by molar-refractivity contribution is -0.123. The first-order valence-corrected chi connectivity index (χ1v) is 8.58. The summed E-state index contributed by atoms with van der Waals surface area (Å²) in [5, 5.41) is 3.11. The van der Waals surface area contributed by atoms with Crippen LogP contribution in [0.25, 0.3) is 11.2 Å². The zero-order chi connectivity index (χ0) is 17.7. The van der Waals surface area contributed by atoms with Crippen LogP contribution in [0.2, 0.25) is 0 Å². The van der Waals surface area contributed by atoms with E-state index in [1.165, 1.54) is 22.5 Å². The highest BCUT2D eigenvalue weighted by Gasteiger charge is 2.34. The third kappa shape index (κ3) is 2.58. The smallest absolute Gasteiger partial charge is 0.332 e. The van der Waals surface area contributed by atoms with E-state index in [1.807, 2.05) is 0 Å². The lowest BCUT2D eigenvalue weighted by atomic mass is 9.84. The van der Waals surface area contributed by atoms with E-state index in [9.17, 15) is 14.4 Å². The van der Waals surface area contributed by atoms with Crippen LogP contribution in [0.4, 0.5) is 0 Å². The van der Waals surface area contributed by atoms with Gasteiger partial charge in [-0.1, -0.05) is 0 Å². The van der Waals surface area contributed by atoms with Gasteiger partial charge in [-0.2, -0.15) is 0 Å². The fourth-order valence-electron chi connectivity index (χ4n) is 4.05. The average Bonchev–Trinajstić information content (AvgIpc) is 3.02. The zero-order valence-corrected chi connectivity index (χ0v) is 14.4. The summed E-state index contributed by atoms with van der Waals surface area (Å²) in [6.07, 6.45) is 3.70. The van der Waals surface area contributed by atoms with Crippen LogP contribution in [0.3, 0.4) is 0 Å². The van der Waals surface area contributed by atoms with Gasteiger partial charge in [0.1, 0.15) is 6.54 Å². The van der Waals surface area contributed by atoms with Crippen molar-refractivity contribution in [2.45, 2.75) is 25.4 Å². The fourth-order valence-corrected chi connectivity index (χ4v) is 4.05. The number of carbonyl (C=O) groups is 1. The van der Waals surface area contributed by atoms with Crippen LogP contribution in [0, 0.1) is 5.92 Å². The van der Waals surface area contributed by atoms with E-state index in [1.54, 1.807) is 7.05 Å². The molecule has 9 nitrogen and oxygen atoms in total. The van der Waals surface area contributed by atoms with Gasteiger partial charge in [-0.25, -0.2) is 9.78 Å². The summed E-state index contributed by atoms with van der Waals surface area (Å²) >= 11 is 0. The number of imidazole rings is 1. The summed E-state index contributed by atoms with van der Waals surface area (Å²) in [5.41, 5.74) is -0.303. The van der Waals surface area contributed by atoms with E-state index in [-0.39, 0.29) is 24.0 Å². The highest BCUT2D eigenvalue weighted by Crippen LogP contribution is 2.27. The summed E-state index contributed by atoms with van der Waals surface area (Å²) in [4.78, 5) is 43.4. The summed E-state index contributed by atoms with van der Waals surface area (Å²) in [5.74, 6) is 0.413. The third-order valence-corrected chi connectivity index (χ3v) is 5.53. The van der Waals surface area contributed by atoms with Gasteiger partial charge in [-0.05, 0) is 31.8 Å². The highest BCUT2D eigenvalue weighted by atomic mass is 16.2. The van der Waals surface area contributed by atoms with Gasteiger partial charge in [0, 0.05) is 26.7 Å². The van der Waals surface area contributed by atoms with E-state index in [0.717, 1.165) is 37.0 Å². The molecule has 2 aromatic rings. The molecule has 3 aliphatic heterocycles. The number of fused-ring (bicyclic) bond motifs is 4. The molecule has 3 saturated heterocycles. The van der Waals surface area contributed by atoms with Crippen molar-refractivity contribution in [2.24, 2.45) is 20.0 Å². The molecule has 1 amide bonds. The Morgan fingerprint density at radius 1 is 1.24 bits per heavy atom. The molecule has 0 aromatic carbocycles. The first-order valence-electron chi connectivity index (χ1n) is 8.58. The van der Waals surface area contributed by atoms with Gasteiger partial charge in [0.15, 0.2) is 11.2 Å².